The summed E-state index contributed by atoms with van der Waals surface area (Å²) in [6, 6.07) is 57.3. The highest BCUT2D eigenvalue weighted by molar-refractivity contribution is 6.17. The molecule has 0 radical (unpaired) electrons. The quantitative estimate of drug-likeness (QED) is 0.187. The van der Waals surface area contributed by atoms with Gasteiger partial charge in [-0.15, -0.1) is 0 Å². The molecule has 6 heteroatoms. The van der Waals surface area contributed by atoms with E-state index in [2.05, 4.69) is 143 Å². The van der Waals surface area contributed by atoms with E-state index in [1.165, 1.54) is 10.8 Å². The third-order valence-electron chi connectivity index (χ3n) is 10.4. The van der Waals surface area contributed by atoms with Gasteiger partial charge in [-0.25, -0.2) is 4.99 Å². The number of hydrogen-bond acceptors (Lipinski definition) is 5. The molecule has 0 bridgehead atoms. The zero-order valence-electron chi connectivity index (χ0n) is 27.9. The van der Waals surface area contributed by atoms with Crippen LogP contribution in [-0.4, -0.2) is 22.8 Å². The third kappa shape index (κ3) is 4.37. The van der Waals surface area contributed by atoms with Gasteiger partial charge in [0.15, 0.2) is 11.9 Å². The lowest BCUT2D eigenvalue weighted by molar-refractivity contribution is 0.271. The molecule has 2 atom stereocenters. The van der Waals surface area contributed by atoms with Crippen LogP contribution in [0.5, 0.6) is 5.75 Å². The number of para-hydroxylation sites is 4. The Morgan fingerprint density at radius 1 is 0.519 bits per heavy atom. The second kappa shape index (κ2) is 11.3. The SMILES string of the molecule is C1=NC2c3ccccc3OC2C(n2c3ccccc3c3cc(-c4ccc(N(c5ccccc5)c5ccc6oc7ccccc7c6c5)cc4)ccc32)=N1. The van der Waals surface area contributed by atoms with Gasteiger partial charge in [-0.3, -0.25) is 9.56 Å². The van der Waals surface area contributed by atoms with Crippen LogP contribution in [0.25, 0.3) is 54.9 Å². The van der Waals surface area contributed by atoms with Crippen molar-refractivity contribution in [2.45, 2.75) is 12.1 Å². The molecule has 4 heterocycles. The first-order chi connectivity index (χ1) is 25.8. The number of aromatic nitrogens is 1. The Bertz CT molecular complexity index is 2900. The van der Waals surface area contributed by atoms with Crippen molar-refractivity contribution in [2.75, 3.05) is 4.90 Å². The molecular weight excluding hydrogens is 641 g/mol. The van der Waals surface area contributed by atoms with Crippen molar-refractivity contribution in [1.29, 1.82) is 0 Å². The van der Waals surface area contributed by atoms with E-state index >= 15 is 0 Å². The number of aliphatic imine (C=N–C) groups is 2. The molecule has 2 aliphatic rings. The highest BCUT2D eigenvalue weighted by Gasteiger charge is 2.40. The van der Waals surface area contributed by atoms with Gasteiger partial charge in [0.2, 0.25) is 0 Å². The highest BCUT2D eigenvalue weighted by Crippen LogP contribution is 2.43. The molecule has 2 aliphatic heterocycles. The highest BCUT2D eigenvalue weighted by atomic mass is 16.5. The van der Waals surface area contributed by atoms with Gasteiger partial charge >= 0.3 is 0 Å². The van der Waals surface area contributed by atoms with Crippen molar-refractivity contribution in [3.63, 3.8) is 0 Å². The number of anilines is 3. The monoisotopic (exact) mass is 670 g/mol. The Labute approximate surface area is 299 Å². The van der Waals surface area contributed by atoms with E-state index in [0.29, 0.717) is 0 Å². The lowest BCUT2D eigenvalue weighted by Gasteiger charge is -2.25. The molecule has 0 spiro atoms. The molecule has 0 saturated heterocycles. The zero-order chi connectivity index (χ0) is 34.2. The lowest BCUT2D eigenvalue weighted by atomic mass is 10.0. The molecule has 11 rings (SSSR count). The molecule has 0 aliphatic carbocycles. The van der Waals surface area contributed by atoms with E-state index in [-0.39, 0.29) is 12.1 Å². The molecular formula is C46H30N4O2. The van der Waals surface area contributed by atoms with E-state index in [1.54, 1.807) is 6.34 Å². The summed E-state index contributed by atoms with van der Waals surface area (Å²) in [5, 5.41) is 4.56. The summed E-state index contributed by atoms with van der Waals surface area (Å²) >= 11 is 0. The maximum absolute atomic E-state index is 6.49. The number of fused-ring (bicyclic) bond motifs is 9. The van der Waals surface area contributed by atoms with Crippen LogP contribution in [0.1, 0.15) is 11.6 Å². The van der Waals surface area contributed by atoms with Crippen LogP contribution in [-0.2, 0) is 0 Å². The van der Waals surface area contributed by atoms with Crippen molar-refractivity contribution in [1.82, 2.24) is 4.57 Å². The second-order valence-corrected chi connectivity index (χ2v) is 13.4. The molecule has 0 amide bonds. The van der Waals surface area contributed by atoms with Crippen molar-refractivity contribution < 1.29 is 9.15 Å². The van der Waals surface area contributed by atoms with Gasteiger partial charge in [-0.2, -0.15) is 0 Å². The molecule has 0 fully saturated rings. The van der Waals surface area contributed by atoms with E-state index in [0.717, 1.165) is 78.3 Å². The molecule has 2 unspecified atom stereocenters. The number of furan rings is 1. The first kappa shape index (κ1) is 28.9. The number of rotatable bonds is 4. The minimum Gasteiger partial charge on any atom is -0.479 e. The molecule has 9 aromatic rings. The topological polar surface area (TPSA) is 55.3 Å². The van der Waals surface area contributed by atoms with Crippen LogP contribution in [0.4, 0.5) is 17.1 Å². The predicted octanol–water partition coefficient (Wildman–Crippen LogP) is 11.6. The number of benzene rings is 7. The minimum absolute atomic E-state index is 0.117. The molecule has 52 heavy (non-hydrogen) atoms. The van der Waals surface area contributed by atoms with E-state index < -0.39 is 0 Å². The second-order valence-electron chi connectivity index (χ2n) is 13.4. The summed E-state index contributed by atoms with van der Waals surface area (Å²) < 4.78 is 14.9. The lowest BCUT2D eigenvalue weighted by Crippen LogP contribution is -2.35. The van der Waals surface area contributed by atoms with Gasteiger partial charge in [-0.05, 0) is 83.9 Å². The van der Waals surface area contributed by atoms with Gasteiger partial charge in [0.25, 0.3) is 0 Å². The van der Waals surface area contributed by atoms with E-state index in [9.17, 15) is 0 Å². The van der Waals surface area contributed by atoms with Crippen molar-refractivity contribution >= 4 is 73.0 Å². The molecule has 246 valence electrons. The van der Waals surface area contributed by atoms with E-state index in [1.807, 2.05) is 30.3 Å². The molecule has 6 nitrogen and oxygen atoms in total. The Morgan fingerprint density at radius 3 is 2.12 bits per heavy atom. The Hall–Kier alpha value is -6.92. The molecule has 0 saturated carbocycles. The van der Waals surface area contributed by atoms with E-state index in [4.69, 9.17) is 19.1 Å². The number of hydrogen-bond donors (Lipinski definition) is 0. The fourth-order valence-electron chi connectivity index (χ4n) is 8.05. The van der Waals surface area contributed by atoms with Gasteiger partial charge in [-0.1, -0.05) is 91.0 Å². The van der Waals surface area contributed by atoms with Crippen molar-refractivity contribution in [2.24, 2.45) is 9.98 Å². The van der Waals surface area contributed by atoms with Crippen molar-refractivity contribution in [3.05, 3.63) is 169 Å². The van der Waals surface area contributed by atoms with Crippen LogP contribution >= 0.6 is 0 Å². The summed E-state index contributed by atoms with van der Waals surface area (Å²) in [5.41, 5.74) is 10.6. The first-order valence-corrected chi connectivity index (χ1v) is 17.5. The average Bonchev–Trinajstić information content (AvgIpc) is 3.88. The normalized spacial score (nSPS) is 16.3. The van der Waals surface area contributed by atoms with Gasteiger partial charge in [0, 0.05) is 44.2 Å². The van der Waals surface area contributed by atoms with Crippen LogP contribution in [0.3, 0.4) is 0 Å². The largest absolute Gasteiger partial charge is 0.479 e. The van der Waals surface area contributed by atoms with Gasteiger partial charge < -0.3 is 14.1 Å². The summed E-state index contributed by atoms with van der Waals surface area (Å²) in [7, 11) is 0. The fourth-order valence-corrected chi connectivity index (χ4v) is 8.05. The Morgan fingerprint density at radius 2 is 1.21 bits per heavy atom. The average molecular weight is 671 g/mol. The molecule has 0 N–H and O–H groups in total. The third-order valence-corrected chi connectivity index (χ3v) is 10.4. The van der Waals surface area contributed by atoms with Crippen LogP contribution in [0.15, 0.2) is 178 Å². The first-order valence-electron chi connectivity index (χ1n) is 17.5. The molecule has 2 aromatic heterocycles. The minimum atomic E-state index is -0.297. The maximum atomic E-state index is 6.49. The summed E-state index contributed by atoms with van der Waals surface area (Å²) in [5.74, 6) is 1.72. The van der Waals surface area contributed by atoms with Gasteiger partial charge in [0.1, 0.15) is 29.3 Å². The summed E-state index contributed by atoms with van der Waals surface area (Å²) in [6.45, 7) is 0. The van der Waals surface area contributed by atoms with Crippen LogP contribution in [0.2, 0.25) is 0 Å². The smallest absolute Gasteiger partial charge is 0.183 e. The maximum Gasteiger partial charge on any atom is 0.183 e. The Balaban J connectivity index is 0.991. The van der Waals surface area contributed by atoms with Crippen LogP contribution in [0, 0.1) is 0 Å². The zero-order valence-corrected chi connectivity index (χ0v) is 27.9. The molecule has 7 aromatic carbocycles. The summed E-state index contributed by atoms with van der Waals surface area (Å²) in [6.07, 6.45) is 1.39. The number of ether oxygens (including phenoxy) is 1. The Kier molecular flexibility index (Phi) is 6.28. The fraction of sp³-hybridized carbons (Fsp3) is 0.0435. The number of nitrogens with zero attached hydrogens (tertiary/aromatic N) is 4. The van der Waals surface area contributed by atoms with Crippen molar-refractivity contribution in [3.8, 4) is 16.9 Å². The predicted molar refractivity (Wildman–Crippen MR) is 212 cm³/mol. The van der Waals surface area contributed by atoms with Gasteiger partial charge in [0.05, 0.1) is 11.0 Å². The summed E-state index contributed by atoms with van der Waals surface area (Å²) in [4.78, 5) is 11.9. The van der Waals surface area contributed by atoms with Crippen LogP contribution < -0.4 is 9.64 Å². The standard InChI is InChI=1S/C46H30N4O2/c1-2-10-31(11-3-1)49(33-23-25-43-38(27-33)35-13-5-8-16-41(35)51-43)32-21-18-29(19-22-32)30-20-24-40-37(26-30)34-12-4-7-15-39(34)50(40)46-45-44(47-28-48-46)36-14-6-9-17-42(36)52-45/h1-28,44-45H.